The van der Waals surface area contributed by atoms with Crippen molar-refractivity contribution in [2.24, 2.45) is 75.8 Å². The minimum Gasteiger partial charge on any atom is -0.0956 e. The van der Waals surface area contributed by atoms with Gasteiger partial charge in [0.25, 0.3) is 0 Å². The summed E-state index contributed by atoms with van der Waals surface area (Å²) in [4.78, 5) is 0. The summed E-state index contributed by atoms with van der Waals surface area (Å²) in [6, 6.07) is 0. The predicted molar refractivity (Wildman–Crippen MR) is 303 cm³/mol. The van der Waals surface area contributed by atoms with Crippen molar-refractivity contribution in [1.82, 2.24) is 0 Å². The van der Waals surface area contributed by atoms with E-state index in [1.54, 1.807) is 11.1 Å². The van der Waals surface area contributed by atoms with E-state index in [1.807, 2.05) is 0 Å². The van der Waals surface area contributed by atoms with E-state index in [2.05, 4.69) is 242 Å². The van der Waals surface area contributed by atoms with Crippen LogP contribution in [0.4, 0.5) is 0 Å². The van der Waals surface area contributed by atoms with Crippen molar-refractivity contribution in [3.63, 3.8) is 0 Å². The van der Waals surface area contributed by atoms with E-state index in [-0.39, 0.29) is 75.8 Å². The topological polar surface area (TPSA) is 0 Å². The quantitative estimate of drug-likeness (QED) is 0.135. The summed E-state index contributed by atoms with van der Waals surface area (Å²) in [5.41, 5.74) is 17.0. The van der Waals surface area contributed by atoms with Gasteiger partial charge in [0.15, 0.2) is 0 Å². The molecule has 0 aromatic carbocycles. The summed E-state index contributed by atoms with van der Waals surface area (Å²) >= 11 is 0. The fourth-order valence-corrected chi connectivity index (χ4v) is 18.6. The molecule has 3 fully saturated rings. The highest BCUT2D eigenvalue weighted by molar-refractivity contribution is 5.53. The van der Waals surface area contributed by atoms with Crippen LogP contribution in [0.2, 0.25) is 0 Å². The molecule has 67 heavy (non-hydrogen) atoms. The van der Waals surface area contributed by atoms with Crippen LogP contribution in [0.15, 0.2) is 80.0 Å². The fourth-order valence-electron chi connectivity index (χ4n) is 18.6. The molecular formula is C67H116. The molecule has 0 bridgehead atoms. The Morgan fingerprint density at radius 3 is 1.10 bits per heavy atom. The Hall–Kier alpha value is -1.82. The highest BCUT2D eigenvalue weighted by Gasteiger charge is 2.95. The third kappa shape index (κ3) is 7.99. The van der Waals surface area contributed by atoms with Crippen LogP contribution in [0, 0.1) is 75.8 Å². The van der Waals surface area contributed by atoms with E-state index in [4.69, 9.17) is 6.58 Å². The fraction of sp³-hybridized carbons (Fsp3) is 0.791. The van der Waals surface area contributed by atoms with Crippen LogP contribution < -0.4 is 0 Å². The second-order valence-corrected chi connectivity index (χ2v) is 31.3. The van der Waals surface area contributed by atoms with Gasteiger partial charge in [-0.2, -0.15) is 0 Å². The molecule has 6 atom stereocenters. The van der Waals surface area contributed by atoms with Crippen LogP contribution in [0.1, 0.15) is 268 Å². The van der Waals surface area contributed by atoms with Gasteiger partial charge in [-0.15, -0.1) is 0 Å². The lowest BCUT2D eigenvalue weighted by atomic mass is 9.23. The molecular weight excluding hydrogens is 805 g/mol. The number of hydrogen-bond donors (Lipinski definition) is 0. The van der Waals surface area contributed by atoms with Crippen molar-refractivity contribution in [1.29, 1.82) is 0 Å². The minimum atomic E-state index is -0.118. The van der Waals surface area contributed by atoms with Gasteiger partial charge in [0.1, 0.15) is 0 Å². The highest BCUT2D eigenvalue weighted by atomic mass is 15.0. The molecule has 0 N–H and O–H groups in total. The van der Waals surface area contributed by atoms with Crippen LogP contribution in [0.5, 0.6) is 0 Å². The van der Waals surface area contributed by atoms with Crippen molar-refractivity contribution in [3.05, 3.63) is 80.0 Å². The molecule has 3 saturated carbocycles. The average molecular weight is 922 g/mol. The molecule has 0 aromatic heterocycles. The molecule has 0 heteroatoms. The minimum absolute atomic E-state index is 0.00846. The molecule has 0 aliphatic heterocycles. The summed E-state index contributed by atoms with van der Waals surface area (Å²) in [7, 11) is 0. The van der Waals surface area contributed by atoms with Crippen LogP contribution in [-0.4, -0.2) is 0 Å². The average Bonchev–Trinajstić information content (AvgIpc) is 4.01. The lowest BCUT2D eigenvalue weighted by Crippen LogP contribution is -2.76. The van der Waals surface area contributed by atoms with Crippen molar-refractivity contribution in [2.75, 3.05) is 0 Å². The normalized spacial score (nSPS) is 33.3. The summed E-state index contributed by atoms with van der Waals surface area (Å²) in [5.74, 6) is 0. The Labute approximate surface area is 421 Å². The second-order valence-electron chi connectivity index (χ2n) is 31.3. The first-order valence-electron chi connectivity index (χ1n) is 27.1. The molecule has 0 radical (unpaired) electrons. The Bertz CT molecular complexity index is 2160. The Morgan fingerprint density at radius 2 is 0.806 bits per heavy atom. The first-order valence-corrected chi connectivity index (χ1v) is 27.1. The zero-order chi connectivity index (χ0) is 53.5. The van der Waals surface area contributed by atoms with Gasteiger partial charge in [-0.25, -0.2) is 0 Å². The Morgan fingerprint density at radius 1 is 0.463 bits per heavy atom. The van der Waals surface area contributed by atoms with Crippen molar-refractivity contribution < 1.29 is 0 Å². The lowest BCUT2D eigenvalue weighted by Gasteiger charge is -2.81. The van der Waals surface area contributed by atoms with Gasteiger partial charge in [-0.05, 0) is 215 Å². The maximum Gasteiger partial charge on any atom is -0.00847 e. The van der Waals surface area contributed by atoms with Crippen LogP contribution >= 0.6 is 0 Å². The van der Waals surface area contributed by atoms with Gasteiger partial charge in [-0.3, -0.25) is 0 Å². The van der Waals surface area contributed by atoms with E-state index in [1.165, 1.54) is 68.6 Å². The van der Waals surface area contributed by atoms with E-state index in [0.29, 0.717) is 0 Å². The zero-order valence-electron chi connectivity index (χ0n) is 51.9. The largest absolute Gasteiger partial charge is 0.0956 e. The van der Waals surface area contributed by atoms with Gasteiger partial charge in [0.05, 0.1) is 0 Å². The van der Waals surface area contributed by atoms with E-state index < -0.39 is 0 Å². The molecule has 3 unspecified atom stereocenters. The highest BCUT2D eigenvalue weighted by Crippen LogP contribution is 3.01. The second kappa shape index (κ2) is 16.9. The molecule has 3 aliphatic rings. The summed E-state index contributed by atoms with van der Waals surface area (Å²) in [6.45, 7) is 96.4. The zero-order valence-corrected chi connectivity index (χ0v) is 51.9. The number of hydrogen-bond acceptors (Lipinski definition) is 0. The molecule has 0 amide bonds. The van der Waals surface area contributed by atoms with E-state index in [9.17, 15) is 0 Å². The van der Waals surface area contributed by atoms with Crippen LogP contribution in [0.3, 0.4) is 0 Å². The molecule has 0 saturated heterocycles. The maximum atomic E-state index is 5.19. The number of allylic oxidation sites excluding steroid dienone is 12. The van der Waals surface area contributed by atoms with Crippen molar-refractivity contribution >= 4 is 0 Å². The standard InChI is InChI=1S/C67H116/c1-37-42(2)44(4)46(6)48(8)50(10)51(11)49(9)47(7)45(5)43(3)38-62(33)60(29,30)61(31,32)67(40-58(67,25)26)65(36,64(62,35)39-54(13,14)15)66(57(22,23)24)41-63(66,34)59(27,28)52(12)53(55(16,17)18)56(19,20)21/h2-3,37-41H2,1,4-36H3/b46-44+,47-45+,50-48+,51-49+/t62?,63-,64?,65-,66-,67?/m1/s1. The summed E-state index contributed by atoms with van der Waals surface area (Å²) in [6.07, 6.45) is 5.63. The van der Waals surface area contributed by atoms with E-state index >= 15 is 0 Å². The molecule has 0 nitrogen and oxygen atoms in total. The number of rotatable bonds is 12. The Kier molecular flexibility index (Phi) is 15.0. The van der Waals surface area contributed by atoms with Crippen molar-refractivity contribution in [2.45, 2.75) is 268 Å². The molecule has 3 rings (SSSR count). The van der Waals surface area contributed by atoms with Crippen molar-refractivity contribution in [3.8, 4) is 0 Å². The van der Waals surface area contributed by atoms with Gasteiger partial charge in [0.2, 0.25) is 0 Å². The summed E-state index contributed by atoms with van der Waals surface area (Å²) < 4.78 is 0. The first-order chi connectivity index (χ1) is 29.3. The Balaban J connectivity index is 2.62. The monoisotopic (exact) mass is 921 g/mol. The van der Waals surface area contributed by atoms with E-state index in [0.717, 1.165) is 19.3 Å². The third-order valence-electron chi connectivity index (χ3n) is 23.6. The molecule has 0 heterocycles. The van der Waals surface area contributed by atoms with Gasteiger partial charge in [-0.1, -0.05) is 209 Å². The smallest absolute Gasteiger partial charge is 0.00847 e. The first kappa shape index (κ1) is 59.5. The lowest BCUT2D eigenvalue weighted by molar-refractivity contribution is -0.333. The SMILES string of the molecule is C=C(CC)/C(C)=C(C)/C(C)=C(C)/C(C)=C(C)/C(C)=C(\C)C(=C)CC1(C)C(C)(C)C(C)(C)C2(CC2(C)C)[C@@](C)([C@@]2(C(C)(C)C)C[C@]2(C)C(C)(C)C(C)=C(C(C)(C)C)C(C)(C)C)C1(C)CC(C)(C)C. The summed E-state index contributed by atoms with van der Waals surface area (Å²) in [5, 5.41) is 0. The van der Waals surface area contributed by atoms with Gasteiger partial charge in [0, 0.05) is 0 Å². The predicted octanol–water partition coefficient (Wildman–Crippen LogP) is 22.1. The molecule has 0 aromatic rings. The van der Waals surface area contributed by atoms with Crippen LogP contribution in [0.25, 0.3) is 0 Å². The molecule has 1 spiro atoms. The van der Waals surface area contributed by atoms with Gasteiger partial charge >= 0.3 is 0 Å². The third-order valence-corrected chi connectivity index (χ3v) is 23.6. The van der Waals surface area contributed by atoms with Gasteiger partial charge < -0.3 is 0 Å². The molecule has 3 aliphatic carbocycles. The van der Waals surface area contributed by atoms with Crippen LogP contribution in [-0.2, 0) is 0 Å². The maximum absolute atomic E-state index is 5.19. The molecule has 384 valence electrons.